The molecule has 0 radical (unpaired) electrons. The van der Waals surface area contributed by atoms with Gasteiger partial charge in [-0.15, -0.1) is 6.42 Å². The molecule has 0 aromatic heterocycles. The molecule has 180 valence electrons. The number of terminal acetylenes is 1. The Bertz CT molecular complexity index is 1160. The van der Waals surface area contributed by atoms with Crippen LogP contribution in [0.15, 0.2) is 36.4 Å². The molecule has 0 spiro atoms. The zero-order chi connectivity index (χ0) is 25.5. The van der Waals surface area contributed by atoms with E-state index >= 15 is 0 Å². The van der Waals surface area contributed by atoms with Crippen molar-refractivity contribution in [1.29, 1.82) is 0 Å². The van der Waals surface area contributed by atoms with Crippen LogP contribution >= 0.6 is 34.8 Å². The van der Waals surface area contributed by atoms with Gasteiger partial charge >= 0.3 is 12.4 Å². The number of rotatable bonds is 6. The van der Waals surface area contributed by atoms with Crippen LogP contribution in [0.4, 0.5) is 26.3 Å². The van der Waals surface area contributed by atoms with E-state index in [2.05, 4.69) is 5.92 Å². The van der Waals surface area contributed by atoms with Crippen molar-refractivity contribution in [3.05, 3.63) is 73.7 Å². The van der Waals surface area contributed by atoms with Gasteiger partial charge in [-0.2, -0.15) is 26.3 Å². The Morgan fingerprint density at radius 1 is 1.06 bits per heavy atom. The van der Waals surface area contributed by atoms with E-state index in [9.17, 15) is 31.1 Å². The molecule has 0 saturated heterocycles. The molecule has 10 heteroatoms. The van der Waals surface area contributed by atoms with Crippen LogP contribution in [0.3, 0.4) is 0 Å². The van der Waals surface area contributed by atoms with Crippen molar-refractivity contribution in [3.8, 4) is 12.3 Å². The van der Waals surface area contributed by atoms with Crippen molar-refractivity contribution in [3.63, 3.8) is 0 Å². The zero-order valence-electron chi connectivity index (χ0n) is 17.1. The summed E-state index contributed by atoms with van der Waals surface area (Å²) in [7, 11) is 0. The number of allylic oxidation sites excluding steroid dienone is 1. The normalized spacial score (nSPS) is 16.4. The Morgan fingerprint density at radius 3 is 2.12 bits per heavy atom. The predicted molar refractivity (Wildman–Crippen MR) is 120 cm³/mol. The number of carbonyl (C=O) groups excluding carboxylic acids is 1. The van der Waals surface area contributed by atoms with Crippen molar-refractivity contribution >= 4 is 46.7 Å². The Balaban J connectivity index is 1.98. The maximum atomic E-state index is 13.7. The first-order valence-corrected chi connectivity index (χ1v) is 10.9. The van der Waals surface area contributed by atoms with E-state index in [1.54, 1.807) is 0 Å². The minimum absolute atomic E-state index is 0.120. The van der Waals surface area contributed by atoms with Gasteiger partial charge in [0.15, 0.2) is 5.78 Å². The quantitative estimate of drug-likeness (QED) is 0.155. The molecule has 3 rings (SSSR count). The third-order valence-corrected chi connectivity index (χ3v) is 6.70. The molecular formula is C24H15Cl3F6O. The lowest BCUT2D eigenvalue weighted by atomic mass is 9.92. The zero-order valence-corrected chi connectivity index (χ0v) is 19.4. The van der Waals surface area contributed by atoms with E-state index in [0.29, 0.717) is 25.0 Å². The molecule has 2 aromatic carbocycles. The standard InChI is InChI=1S/C24H15Cl3F6O/c1-2-22(7-8-22)12-20(34)15-5-3-13(9-17(15)24(31,32)33)4-6-16(23(28,29)30)14-10-18(25)21(27)19(26)11-14/h1,3-6,9-11,16H,7-8,12H2/b6-4+. The molecule has 0 amide bonds. The van der Waals surface area contributed by atoms with Crippen LogP contribution in [-0.4, -0.2) is 12.0 Å². The highest BCUT2D eigenvalue weighted by atomic mass is 35.5. The highest BCUT2D eigenvalue weighted by Gasteiger charge is 2.44. The summed E-state index contributed by atoms with van der Waals surface area (Å²) in [5.74, 6) is -0.539. The molecule has 0 heterocycles. The number of ketones is 1. The minimum atomic E-state index is -4.90. The smallest absolute Gasteiger partial charge is 0.294 e. The average molecular weight is 540 g/mol. The van der Waals surface area contributed by atoms with E-state index in [1.165, 1.54) is 0 Å². The summed E-state index contributed by atoms with van der Waals surface area (Å²) < 4.78 is 82.1. The fourth-order valence-electron chi connectivity index (χ4n) is 3.44. The molecule has 1 fully saturated rings. The molecule has 1 nitrogen and oxygen atoms in total. The summed E-state index contributed by atoms with van der Waals surface area (Å²) in [4.78, 5) is 12.5. The van der Waals surface area contributed by atoms with Crippen LogP contribution in [0.1, 0.15) is 52.2 Å². The summed E-state index contributed by atoms with van der Waals surface area (Å²) in [5.41, 5.74) is -3.06. The largest absolute Gasteiger partial charge is 0.417 e. The minimum Gasteiger partial charge on any atom is -0.294 e. The molecule has 1 unspecified atom stereocenters. The van der Waals surface area contributed by atoms with Crippen LogP contribution in [0.25, 0.3) is 6.08 Å². The second-order valence-electron chi connectivity index (χ2n) is 8.00. The molecule has 2 aromatic rings. The van der Waals surface area contributed by atoms with E-state index < -0.39 is 40.6 Å². The molecule has 1 atom stereocenters. The van der Waals surface area contributed by atoms with Gasteiger partial charge in [0.25, 0.3) is 0 Å². The van der Waals surface area contributed by atoms with Crippen molar-refractivity contribution < 1.29 is 31.1 Å². The van der Waals surface area contributed by atoms with Crippen molar-refractivity contribution in [2.24, 2.45) is 5.41 Å². The van der Waals surface area contributed by atoms with Gasteiger partial charge in [0.05, 0.1) is 26.5 Å². The van der Waals surface area contributed by atoms with Gasteiger partial charge in [-0.3, -0.25) is 4.79 Å². The fourth-order valence-corrected chi connectivity index (χ4v) is 4.05. The molecular weight excluding hydrogens is 525 g/mol. The van der Waals surface area contributed by atoms with Gasteiger partial charge in [-0.1, -0.05) is 65.0 Å². The van der Waals surface area contributed by atoms with Crippen LogP contribution in [0, 0.1) is 17.8 Å². The number of alkyl halides is 6. The molecule has 34 heavy (non-hydrogen) atoms. The monoisotopic (exact) mass is 538 g/mol. The first-order valence-electron chi connectivity index (χ1n) is 9.78. The van der Waals surface area contributed by atoms with Gasteiger partial charge in [-0.25, -0.2) is 0 Å². The Morgan fingerprint density at radius 2 is 1.65 bits per heavy atom. The Labute approximate surface area is 206 Å². The van der Waals surface area contributed by atoms with E-state index in [0.717, 1.165) is 30.3 Å². The second-order valence-corrected chi connectivity index (χ2v) is 9.20. The number of carbonyl (C=O) groups is 1. The summed E-state index contributed by atoms with van der Waals surface area (Å²) in [6.45, 7) is 0. The van der Waals surface area contributed by atoms with Gasteiger partial charge in [0, 0.05) is 17.4 Å². The first-order chi connectivity index (χ1) is 15.7. The van der Waals surface area contributed by atoms with Crippen LogP contribution < -0.4 is 0 Å². The topological polar surface area (TPSA) is 17.1 Å². The third-order valence-electron chi connectivity index (χ3n) is 5.51. The maximum absolute atomic E-state index is 13.7. The fraction of sp³-hybridized carbons (Fsp3) is 0.292. The second kappa shape index (κ2) is 9.49. The summed E-state index contributed by atoms with van der Waals surface area (Å²) >= 11 is 17.5. The van der Waals surface area contributed by atoms with E-state index in [-0.39, 0.29) is 32.6 Å². The van der Waals surface area contributed by atoms with Crippen molar-refractivity contribution in [1.82, 2.24) is 0 Å². The highest BCUT2D eigenvalue weighted by Crippen LogP contribution is 2.49. The lowest BCUT2D eigenvalue weighted by molar-refractivity contribution is -0.139. The number of halogens is 9. The van der Waals surface area contributed by atoms with Crippen molar-refractivity contribution in [2.45, 2.75) is 37.5 Å². The van der Waals surface area contributed by atoms with Crippen molar-refractivity contribution in [2.75, 3.05) is 0 Å². The molecule has 0 bridgehead atoms. The SMILES string of the molecule is C#CC1(CC(=O)c2ccc(/C=C/C(c3cc(Cl)c(Cl)c(Cl)c3)C(F)(F)F)cc2C(F)(F)F)CC1. The lowest BCUT2D eigenvalue weighted by Crippen LogP contribution is -2.19. The third kappa shape index (κ3) is 5.91. The molecule has 1 aliphatic rings. The summed E-state index contributed by atoms with van der Waals surface area (Å²) in [6.07, 6.45) is -1.88. The Kier molecular flexibility index (Phi) is 7.38. The number of Topliss-reactive ketones (excluding diaryl/α,β-unsaturated/α-hetero) is 1. The summed E-state index contributed by atoms with van der Waals surface area (Å²) in [6, 6.07) is 4.70. The highest BCUT2D eigenvalue weighted by molar-refractivity contribution is 6.48. The number of hydrogen-bond acceptors (Lipinski definition) is 1. The summed E-state index contributed by atoms with van der Waals surface area (Å²) in [5, 5.41) is -0.520. The number of benzene rings is 2. The van der Waals surface area contributed by atoms with E-state index in [4.69, 9.17) is 41.2 Å². The van der Waals surface area contributed by atoms with Crippen LogP contribution in [0.2, 0.25) is 15.1 Å². The van der Waals surface area contributed by atoms with Crippen LogP contribution in [0.5, 0.6) is 0 Å². The molecule has 1 aliphatic carbocycles. The predicted octanol–water partition coefficient (Wildman–Crippen LogP) is 9.01. The first kappa shape index (κ1) is 26.5. The maximum Gasteiger partial charge on any atom is 0.417 e. The van der Waals surface area contributed by atoms with Gasteiger partial charge in [-0.05, 0) is 42.2 Å². The van der Waals surface area contributed by atoms with Gasteiger partial charge < -0.3 is 0 Å². The van der Waals surface area contributed by atoms with Crippen LogP contribution in [-0.2, 0) is 6.18 Å². The van der Waals surface area contributed by atoms with Gasteiger partial charge in [0.1, 0.15) is 0 Å². The average Bonchev–Trinajstić information content (AvgIpc) is 3.50. The molecule has 0 aliphatic heterocycles. The van der Waals surface area contributed by atoms with E-state index in [1.807, 2.05) is 0 Å². The molecule has 0 N–H and O–H groups in total. The van der Waals surface area contributed by atoms with Gasteiger partial charge in [0.2, 0.25) is 0 Å². The molecule has 1 saturated carbocycles. The lowest BCUT2D eigenvalue weighted by Gasteiger charge is -2.19. The Hall–Kier alpha value is -2.14. The number of hydrogen-bond donors (Lipinski definition) is 0.